The molecule has 3 nitrogen and oxygen atoms in total. The molecule has 0 atom stereocenters. The van der Waals surface area contributed by atoms with E-state index in [0.29, 0.717) is 29.9 Å². The molecule has 0 bridgehead atoms. The van der Waals surface area contributed by atoms with Crippen LogP contribution in [-0.2, 0) is 20.8 Å². The number of ether oxygens (including phenoxy) is 3. The summed E-state index contributed by atoms with van der Waals surface area (Å²) in [6.07, 6.45) is 8.42. The molecule has 0 radical (unpaired) electrons. The van der Waals surface area contributed by atoms with E-state index in [1.807, 2.05) is 13.0 Å². The molecule has 2 aliphatic rings. The summed E-state index contributed by atoms with van der Waals surface area (Å²) in [5.74, 6) is 1.11. The van der Waals surface area contributed by atoms with Gasteiger partial charge >= 0.3 is 0 Å². The molecular formula is C21H29FO3. The first-order valence-electron chi connectivity index (χ1n) is 9.34. The van der Waals surface area contributed by atoms with Crippen LogP contribution in [0.15, 0.2) is 30.4 Å². The Balaban J connectivity index is 1.51. The average molecular weight is 348 g/mol. The molecule has 0 N–H and O–H groups in total. The van der Waals surface area contributed by atoms with E-state index in [1.165, 1.54) is 0 Å². The lowest BCUT2D eigenvalue weighted by molar-refractivity contribution is -0.222. The molecule has 3 rings (SSSR count). The van der Waals surface area contributed by atoms with Crippen molar-refractivity contribution < 1.29 is 18.6 Å². The zero-order valence-corrected chi connectivity index (χ0v) is 15.2. The monoisotopic (exact) mass is 348 g/mol. The van der Waals surface area contributed by atoms with Gasteiger partial charge in [-0.3, -0.25) is 0 Å². The number of hydrogen-bond acceptors (Lipinski definition) is 3. The summed E-state index contributed by atoms with van der Waals surface area (Å²) < 4.78 is 31.0. The van der Waals surface area contributed by atoms with Crippen LogP contribution in [0, 0.1) is 17.7 Å². The van der Waals surface area contributed by atoms with Crippen LogP contribution < -0.4 is 0 Å². The van der Waals surface area contributed by atoms with Crippen LogP contribution in [0.25, 0.3) is 0 Å². The second kappa shape index (κ2) is 8.93. The smallest absolute Gasteiger partial charge is 0.160 e. The molecule has 2 fully saturated rings. The van der Waals surface area contributed by atoms with Crippen molar-refractivity contribution in [3.8, 4) is 0 Å². The van der Waals surface area contributed by atoms with E-state index in [2.05, 4.69) is 18.2 Å². The Kier molecular flexibility index (Phi) is 6.63. The molecule has 1 aromatic rings. The highest BCUT2D eigenvalue weighted by molar-refractivity contribution is 5.27. The fourth-order valence-corrected chi connectivity index (χ4v) is 4.00. The molecule has 1 aromatic carbocycles. The van der Waals surface area contributed by atoms with Gasteiger partial charge in [-0.1, -0.05) is 24.3 Å². The van der Waals surface area contributed by atoms with Gasteiger partial charge in [0.1, 0.15) is 5.82 Å². The van der Waals surface area contributed by atoms with E-state index in [0.717, 1.165) is 44.5 Å². The minimum absolute atomic E-state index is 0.0664. The molecule has 1 aliphatic heterocycles. The third-order valence-corrected chi connectivity index (χ3v) is 5.42. The molecule has 1 heterocycles. The largest absolute Gasteiger partial charge is 0.380 e. The van der Waals surface area contributed by atoms with Gasteiger partial charge in [0.25, 0.3) is 0 Å². The summed E-state index contributed by atoms with van der Waals surface area (Å²) in [7, 11) is 1.59. The maximum Gasteiger partial charge on any atom is 0.160 e. The molecule has 138 valence electrons. The molecule has 0 aromatic heterocycles. The molecule has 1 saturated heterocycles. The second-order valence-electron chi connectivity index (χ2n) is 7.22. The van der Waals surface area contributed by atoms with E-state index >= 15 is 0 Å². The highest BCUT2D eigenvalue weighted by Crippen LogP contribution is 2.39. The van der Waals surface area contributed by atoms with Crippen LogP contribution in [0.3, 0.4) is 0 Å². The first-order chi connectivity index (χ1) is 12.2. The van der Waals surface area contributed by atoms with E-state index < -0.39 is 0 Å². The first kappa shape index (κ1) is 18.6. The molecule has 25 heavy (non-hydrogen) atoms. The summed E-state index contributed by atoms with van der Waals surface area (Å²) in [5.41, 5.74) is 1.73. The van der Waals surface area contributed by atoms with Gasteiger partial charge in [0.05, 0.1) is 19.8 Å². The minimum Gasteiger partial charge on any atom is -0.380 e. The zero-order valence-electron chi connectivity index (χ0n) is 15.2. The molecule has 0 amide bonds. The molecule has 0 unspecified atom stereocenters. The summed E-state index contributed by atoms with van der Waals surface area (Å²) in [4.78, 5) is 0. The van der Waals surface area contributed by atoms with Crippen LogP contribution in [0.4, 0.5) is 4.39 Å². The molecule has 4 heteroatoms. The molecular weight excluding hydrogens is 319 g/mol. The fourth-order valence-electron chi connectivity index (χ4n) is 4.00. The number of rotatable bonds is 5. The summed E-state index contributed by atoms with van der Waals surface area (Å²) in [6, 6.07) is 5.60. The van der Waals surface area contributed by atoms with Gasteiger partial charge in [0, 0.05) is 24.5 Å². The highest BCUT2D eigenvalue weighted by Gasteiger charge is 2.32. The van der Waals surface area contributed by atoms with Crippen LogP contribution >= 0.6 is 0 Å². The molecule has 1 aliphatic carbocycles. The molecule has 0 spiro atoms. The van der Waals surface area contributed by atoms with Crippen molar-refractivity contribution >= 4 is 0 Å². The number of methoxy groups -OCH3 is 1. The quantitative estimate of drug-likeness (QED) is 0.715. The van der Waals surface area contributed by atoms with Gasteiger partial charge in [-0.2, -0.15) is 0 Å². The van der Waals surface area contributed by atoms with E-state index in [1.54, 1.807) is 13.2 Å². The lowest BCUT2D eigenvalue weighted by atomic mass is 9.78. The van der Waals surface area contributed by atoms with Crippen molar-refractivity contribution in [1.29, 1.82) is 0 Å². The van der Waals surface area contributed by atoms with Crippen molar-refractivity contribution in [3.63, 3.8) is 0 Å². The lowest BCUT2D eigenvalue weighted by Crippen LogP contribution is -2.37. The summed E-state index contributed by atoms with van der Waals surface area (Å²) >= 11 is 0. The van der Waals surface area contributed by atoms with Gasteiger partial charge in [0.15, 0.2) is 6.29 Å². The van der Waals surface area contributed by atoms with Crippen LogP contribution in [0.1, 0.15) is 49.7 Å². The van der Waals surface area contributed by atoms with Gasteiger partial charge in [-0.25, -0.2) is 4.39 Å². The van der Waals surface area contributed by atoms with Crippen LogP contribution in [0.2, 0.25) is 0 Å². The Hall–Kier alpha value is -1.23. The van der Waals surface area contributed by atoms with Crippen molar-refractivity contribution in [2.75, 3.05) is 20.3 Å². The van der Waals surface area contributed by atoms with Crippen LogP contribution in [0.5, 0.6) is 0 Å². The lowest BCUT2D eigenvalue weighted by Gasteiger charge is -2.37. The van der Waals surface area contributed by atoms with E-state index in [4.69, 9.17) is 14.2 Å². The Morgan fingerprint density at radius 2 is 1.88 bits per heavy atom. The van der Waals surface area contributed by atoms with Gasteiger partial charge in [-0.15, -0.1) is 0 Å². The number of benzene rings is 1. The topological polar surface area (TPSA) is 27.7 Å². The summed E-state index contributed by atoms with van der Waals surface area (Å²) in [5, 5.41) is 0. The first-order valence-corrected chi connectivity index (χ1v) is 9.34. The maximum absolute atomic E-state index is 14.1. The van der Waals surface area contributed by atoms with Crippen LogP contribution in [-0.4, -0.2) is 26.6 Å². The van der Waals surface area contributed by atoms with E-state index in [9.17, 15) is 4.39 Å². The fraction of sp³-hybridized carbons (Fsp3) is 0.619. The Bertz CT molecular complexity index is 571. The zero-order chi connectivity index (χ0) is 17.6. The highest BCUT2D eigenvalue weighted by atomic mass is 19.1. The Labute approximate surface area is 150 Å². The SMILES string of the molecule is C/C=C/[C@H]1CO[C@H](C2CCC(c3ccc(COC)c(F)c3)CC2)OC1. The normalized spacial score (nSPS) is 30.7. The minimum atomic E-state index is -0.157. The number of allylic oxidation sites excluding steroid dienone is 1. The predicted octanol–water partition coefficient (Wildman–Crippen LogP) is 4.81. The average Bonchev–Trinajstić information content (AvgIpc) is 2.65. The van der Waals surface area contributed by atoms with Crippen molar-refractivity contribution in [2.24, 2.45) is 11.8 Å². The number of halogens is 1. The van der Waals surface area contributed by atoms with Gasteiger partial charge in [0.2, 0.25) is 0 Å². The predicted molar refractivity (Wildman–Crippen MR) is 95.8 cm³/mol. The standard InChI is InChI=1S/C21H29FO3/c1-3-4-15-12-24-21(25-13-15)17-7-5-16(6-8-17)18-9-10-19(14-23-2)20(22)11-18/h3-4,9-11,15-17,21H,5-8,12-14H2,1-2H3/b4-3+/t15-,16?,17?,21-. The third-order valence-electron chi connectivity index (χ3n) is 5.42. The van der Waals surface area contributed by atoms with Gasteiger partial charge < -0.3 is 14.2 Å². The second-order valence-corrected chi connectivity index (χ2v) is 7.22. The van der Waals surface area contributed by atoms with Crippen molar-refractivity contribution in [3.05, 3.63) is 47.3 Å². The Morgan fingerprint density at radius 3 is 2.48 bits per heavy atom. The summed E-state index contributed by atoms with van der Waals surface area (Å²) in [6.45, 7) is 3.85. The third kappa shape index (κ3) is 4.69. The van der Waals surface area contributed by atoms with Gasteiger partial charge in [-0.05, 0) is 50.2 Å². The van der Waals surface area contributed by atoms with Crippen molar-refractivity contribution in [1.82, 2.24) is 0 Å². The Morgan fingerprint density at radius 1 is 1.16 bits per heavy atom. The van der Waals surface area contributed by atoms with Crippen molar-refractivity contribution in [2.45, 2.75) is 51.4 Å². The van der Waals surface area contributed by atoms with E-state index in [-0.39, 0.29) is 12.1 Å². The maximum atomic E-state index is 14.1. The molecule has 1 saturated carbocycles. The number of hydrogen-bond donors (Lipinski definition) is 0.